The van der Waals surface area contributed by atoms with Crippen LogP contribution in [0, 0.1) is 0 Å². The van der Waals surface area contributed by atoms with E-state index in [1.807, 2.05) is 55.4 Å². The zero-order chi connectivity index (χ0) is 18.7. The number of rotatable bonds is 6. The molecule has 0 spiro atoms. The molecule has 1 fully saturated rings. The van der Waals surface area contributed by atoms with Crippen molar-refractivity contribution < 1.29 is 14.3 Å². The molecular formula is C20H21ClN2O3. The van der Waals surface area contributed by atoms with E-state index < -0.39 is 5.41 Å². The number of esters is 1. The fourth-order valence-corrected chi connectivity index (χ4v) is 2.94. The fraction of sp³-hybridized carbons (Fsp3) is 0.300. The Kier molecular flexibility index (Phi) is 5.18. The number of carbonyl (C=O) groups is 2. The molecule has 0 unspecified atom stereocenters. The van der Waals surface area contributed by atoms with Crippen molar-refractivity contribution in [2.24, 2.45) is 0 Å². The van der Waals surface area contributed by atoms with E-state index in [9.17, 15) is 9.59 Å². The Bertz CT molecular complexity index is 797. The second-order valence-electron chi connectivity index (χ2n) is 6.65. The van der Waals surface area contributed by atoms with Gasteiger partial charge in [-0.1, -0.05) is 23.7 Å². The average molecular weight is 373 g/mol. The first-order chi connectivity index (χ1) is 12.4. The molecule has 1 amide bonds. The minimum atomic E-state index is -0.627. The van der Waals surface area contributed by atoms with Crippen molar-refractivity contribution in [3.05, 3.63) is 59.1 Å². The van der Waals surface area contributed by atoms with Gasteiger partial charge in [-0.15, -0.1) is 0 Å². The summed E-state index contributed by atoms with van der Waals surface area (Å²) in [5.41, 5.74) is 1.95. The Labute approximate surface area is 157 Å². The lowest BCUT2D eigenvalue weighted by Crippen LogP contribution is -2.28. The zero-order valence-electron chi connectivity index (χ0n) is 14.8. The van der Waals surface area contributed by atoms with Gasteiger partial charge in [0.05, 0.1) is 5.41 Å². The number of amides is 1. The molecule has 1 aliphatic carbocycles. The summed E-state index contributed by atoms with van der Waals surface area (Å²) in [6.07, 6.45) is 1.45. The van der Waals surface area contributed by atoms with Gasteiger partial charge in [0, 0.05) is 30.5 Å². The summed E-state index contributed by atoms with van der Waals surface area (Å²) >= 11 is 5.90. The van der Waals surface area contributed by atoms with E-state index in [2.05, 4.69) is 5.32 Å². The van der Waals surface area contributed by atoms with Gasteiger partial charge >= 0.3 is 5.97 Å². The van der Waals surface area contributed by atoms with E-state index in [4.69, 9.17) is 16.3 Å². The largest absolute Gasteiger partial charge is 0.455 e. The Balaban J connectivity index is 1.54. The van der Waals surface area contributed by atoms with E-state index in [-0.39, 0.29) is 18.5 Å². The van der Waals surface area contributed by atoms with Crippen LogP contribution in [0.15, 0.2) is 48.5 Å². The lowest BCUT2D eigenvalue weighted by atomic mass is 9.96. The number of hydrogen-bond donors (Lipinski definition) is 1. The third kappa shape index (κ3) is 3.99. The standard InChI is InChI=1S/C20H21ClN2O3/c1-23(2)17-9-7-16(8-10-17)22-18(24)13-26-19(25)20(11-12-20)14-3-5-15(21)6-4-14/h3-10H,11-13H2,1-2H3,(H,22,24). The molecule has 5 nitrogen and oxygen atoms in total. The lowest BCUT2D eigenvalue weighted by molar-refractivity contribution is -0.150. The predicted octanol–water partition coefficient (Wildman–Crippen LogP) is 3.62. The van der Waals surface area contributed by atoms with E-state index in [1.54, 1.807) is 12.1 Å². The third-order valence-electron chi connectivity index (χ3n) is 4.54. The van der Waals surface area contributed by atoms with Crippen LogP contribution in [0.2, 0.25) is 5.02 Å². The van der Waals surface area contributed by atoms with Gasteiger partial charge in [-0.2, -0.15) is 0 Å². The van der Waals surface area contributed by atoms with Crippen molar-refractivity contribution in [3.63, 3.8) is 0 Å². The number of anilines is 2. The predicted molar refractivity (Wildman–Crippen MR) is 103 cm³/mol. The van der Waals surface area contributed by atoms with Gasteiger partial charge in [-0.25, -0.2) is 0 Å². The number of benzene rings is 2. The summed E-state index contributed by atoms with van der Waals surface area (Å²) in [5, 5.41) is 3.35. The average Bonchev–Trinajstić information content (AvgIpc) is 3.42. The maximum Gasteiger partial charge on any atom is 0.317 e. The van der Waals surface area contributed by atoms with Gasteiger partial charge < -0.3 is 15.0 Å². The monoisotopic (exact) mass is 372 g/mol. The van der Waals surface area contributed by atoms with E-state index >= 15 is 0 Å². The zero-order valence-corrected chi connectivity index (χ0v) is 15.5. The highest BCUT2D eigenvalue weighted by atomic mass is 35.5. The third-order valence-corrected chi connectivity index (χ3v) is 4.79. The molecule has 6 heteroatoms. The fourth-order valence-electron chi connectivity index (χ4n) is 2.81. The molecule has 0 heterocycles. The number of hydrogen-bond acceptors (Lipinski definition) is 4. The van der Waals surface area contributed by atoms with Crippen LogP contribution in [0.25, 0.3) is 0 Å². The lowest BCUT2D eigenvalue weighted by Gasteiger charge is -2.15. The van der Waals surface area contributed by atoms with Crippen LogP contribution in [-0.2, 0) is 19.7 Å². The quantitative estimate of drug-likeness (QED) is 0.787. The minimum Gasteiger partial charge on any atom is -0.455 e. The summed E-state index contributed by atoms with van der Waals surface area (Å²) < 4.78 is 5.26. The topological polar surface area (TPSA) is 58.6 Å². The van der Waals surface area contributed by atoms with E-state index in [0.717, 1.165) is 24.1 Å². The van der Waals surface area contributed by atoms with Crippen molar-refractivity contribution in [3.8, 4) is 0 Å². The molecule has 2 aromatic rings. The smallest absolute Gasteiger partial charge is 0.317 e. The molecular weight excluding hydrogens is 352 g/mol. The van der Waals surface area contributed by atoms with E-state index in [0.29, 0.717) is 10.7 Å². The molecule has 1 N–H and O–H groups in total. The summed E-state index contributed by atoms with van der Waals surface area (Å²) in [4.78, 5) is 26.5. The molecule has 0 radical (unpaired) electrons. The first-order valence-corrected chi connectivity index (χ1v) is 8.79. The Morgan fingerprint density at radius 2 is 1.69 bits per heavy atom. The highest BCUT2D eigenvalue weighted by Gasteiger charge is 2.52. The van der Waals surface area contributed by atoms with Gasteiger partial charge in [0.1, 0.15) is 0 Å². The van der Waals surface area contributed by atoms with Crippen LogP contribution in [-0.4, -0.2) is 32.6 Å². The molecule has 0 aliphatic heterocycles. The van der Waals surface area contributed by atoms with Crippen LogP contribution >= 0.6 is 11.6 Å². The SMILES string of the molecule is CN(C)c1ccc(NC(=O)COC(=O)C2(c3ccc(Cl)cc3)CC2)cc1. The molecule has 136 valence electrons. The van der Waals surface area contributed by atoms with Crippen LogP contribution in [0.1, 0.15) is 18.4 Å². The summed E-state index contributed by atoms with van der Waals surface area (Å²) in [7, 11) is 3.89. The molecule has 1 saturated carbocycles. The summed E-state index contributed by atoms with van der Waals surface area (Å²) in [5.74, 6) is -0.721. The van der Waals surface area contributed by atoms with Crippen molar-refractivity contribution in [1.82, 2.24) is 0 Å². The Morgan fingerprint density at radius 1 is 1.08 bits per heavy atom. The summed E-state index contributed by atoms with van der Waals surface area (Å²) in [6, 6.07) is 14.6. The molecule has 3 rings (SSSR count). The molecule has 0 atom stereocenters. The van der Waals surface area contributed by atoms with Gasteiger partial charge in [-0.3, -0.25) is 9.59 Å². The van der Waals surface area contributed by atoms with E-state index in [1.165, 1.54) is 0 Å². The van der Waals surface area contributed by atoms with Gasteiger partial charge in [-0.05, 0) is 54.8 Å². The van der Waals surface area contributed by atoms with Gasteiger partial charge in [0.15, 0.2) is 6.61 Å². The Hall–Kier alpha value is -2.53. The first-order valence-electron chi connectivity index (χ1n) is 8.41. The van der Waals surface area contributed by atoms with Gasteiger partial charge in [0.2, 0.25) is 0 Å². The maximum atomic E-state index is 12.4. The molecule has 0 aromatic heterocycles. The highest BCUT2D eigenvalue weighted by molar-refractivity contribution is 6.30. The normalized spacial score (nSPS) is 14.4. The van der Waals surface area contributed by atoms with Crippen molar-refractivity contribution in [2.45, 2.75) is 18.3 Å². The van der Waals surface area contributed by atoms with Gasteiger partial charge in [0.25, 0.3) is 5.91 Å². The molecule has 0 bridgehead atoms. The molecule has 26 heavy (non-hydrogen) atoms. The highest BCUT2D eigenvalue weighted by Crippen LogP contribution is 2.49. The molecule has 1 aliphatic rings. The van der Waals surface area contributed by atoms with Crippen LogP contribution in [0.4, 0.5) is 11.4 Å². The second kappa shape index (κ2) is 7.38. The summed E-state index contributed by atoms with van der Waals surface area (Å²) in [6.45, 7) is -0.302. The maximum absolute atomic E-state index is 12.4. The number of ether oxygens (including phenoxy) is 1. The van der Waals surface area contributed by atoms with Crippen molar-refractivity contribution in [2.75, 3.05) is 30.9 Å². The molecule has 0 saturated heterocycles. The second-order valence-corrected chi connectivity index (χ2v) is 7.09. The van der Waals surface area contributed by atoms with Crippen LogP contribution in [0.5, 0.6) is 0 Å². The molecule has 2 aromatic carbocycles. The van der Waals surface area contributed by atoms with Crippen LogP contribution in [0.3, 0.4) is 0 Å². The number of nitrogens with zero attached hydrogens (tertiary/aromatic N) is 1. The number of nitrogens with one attached hydrogen (secondary N) is 1. The first kappa shape index (κ1) is 18.3. The number of halogens is 1. The van der Waals surface area contributed by atoms with Crippen molar-refractivity contribution in [1.29, 1.82) is 0 Å². The van der Waals surface area contributed by atoms with Crippen LogP contribution < -0.4 is 10.2 Å². The van der Waals surface area contributed by atoms with Crippen molar-refractivity contribution >= 4 is 34.9 Å². The Morgan fingerprint density at radius 3 is 2.23 bits per heavy atom. The number of carbonyl (C=O) groups excluding carboxylic acids is 2. The minimum absolute atomic E-state index is 0.302.